The van der Waals surface area contributed by atoms with Crippen molar-refractivity contribution in [3.8, 4) is 0 Å². The summed E-state index contributed by atoms with van der Waals surface area (Å²) in [6.45, 7) is 2.92. The number of fused-ring (bicyclic) bond motifs is 1. The summed E-state index contributed by atoms with van der Waals surface area (Å²) in [6.07, 6.45) is 7.14. The highest BCUT2D eigenvalue weighted by atomic mass is 16.4. The molecule has 1 saturated carbocycles. The quantitative estimate of drug-likeness (QED) is 0.915. The van der Waals surface area contributed by atoms with Crippen LogP contribution in [0.3, 0.4) is 0 Å². The van der Waals surface area contributed by atoms with Gasteiger partial charge in [-0.3, -0.25) is 4.79 Å². The lowest BCUT2D eigenvalue weighted by Gasteiger charge is -2.27. The molecule has 3 heteroatoms. The van der Waals surface area contributed by atoms with Gasteiger partial charge in [-0.1, -0.05) is 31.9 Å². The maximum Gasteiger partial charge on any atom is 0.306 e. The molecule has 3 nitrogen and oxygen atoms in total. The summed E-state index contributed by atoms with van der Waals surface area (Å²) in [4.78, 5) is 13.5. The predicted molar refractivity (Wildman–Crippen MR) is 80.3 cm³/mol. The summed E-state index contributed by atoms with van der Waals surface area (Å²) < 4.78 is 0. The number of anilines is 1. The molecule has 0 saturated heterocycles. The molecule has 0 bridgehead atoms. The first-order valence-corrected chi connectivity index (χ1v) is 7.76. The lowest BCUT2D eigenvalue weighted by Crippen LogP contribution is -2.31. The molecular formula is C17H23NO2. The van der Waals surface area contributed by atoms with E-state index in [-0.39, 0.29) is 5.92 Å². The van der Waals surface area contributed by atoms with Gasteiger partial charge >= 0.3 is 5.97 Å². The lowest BCUT2D eigenvalue weighted by atomic mass is 9.98. The zero-order valence-electron chi connectivity index (χ0n) is 12.1. The Morgan fingerprint density at radius 1 is 1.40 bits per heavy atom. The number of hydrogen-bond acceptors (Lipinski definition) is 2. The van der Waals surface area contributed by atoms with Crippen molar-refractivity contribution in [2.75, 3.05) is 11.4 Å². The molecule has 2 aliphatic rings. The molecule has 1 fully saturated rings. The van der Waals surface area contributed by atoms with Crippen LogP contribution in [-0.4, -0.2) is 23.7 Å². The molecule has 0 amide bonds. The molecule has 0 spiro atoms. The monoisotopic (exact) mass is 273 g/mol. The Balaban J connectivity index is 1.75. The summed E-state index contributed by atoms with van der Waals surface area (Å²) in [5.41, 5.74) is 3.96. The number of hydrogen-bond donors (Lipinski definition) is 1. The second-order valence-electron chi connectivity index (χ2n) is 6.29. The number of benzene rings is 1. The number of nitrogens with zero attached hydrogens (tertiary/aromatic N) is 1. The molecule has 1 heterocycles. The van der Waals surface area contributed by atoms with E-state index in [0.29, 0.717) is 6.42 Å². The largest absolute Gasteiger partial charge is 0.481 e. The van der Waals surface area contributed by atoms with Crippen molar-refractivity contribution in [2.45, 2.75) is 51.5 Å². The third-order valence-electron chi connectivity index (χ3n) is 4.80. The number of carboxylic acids is 1. The fourth-order valence-corrected chi connectivity index (χ4v) is 3.64. The van der Waals surface area contributed by atoms with Gasteiger partial charge in [-0.25, -0.2) is 0 Å². The number of carboxylic acid groups (broad SMARTS) is 1. The Hall–Kier alpha value is -1.51. The van der Waals surface area contributed by atoms with Gasteiger partial charge in [0.25, 0.3) is 0 Å². The first-order valence-electron chi connectivity index (χ1n) is 7.76. The van der Waals surface area contributed by atoms with Crippen molar-refractivity contribution >= 4 is 11.7 Å². The van der Waals surface area contributed by atoms with Crippen LogP contribution in [0.4, 0.5) is 5.69 Å². The average molecular weight is 273 g/mol. The number of rotatable bonds is 4. The fourth-order valence-electron chi connectivity index (χ4n) is 3.64. The molecule has 1 unspecified atom stereocenters. The maximum absolute atomic E-state index is 11.0. The molecule has 0 radical (unpaired) electrons. The molecule has 1 N–H and O–H groups in total. The standard InChI is InChI=1S/C17H23NO2/c1-12(17(19)20)10-13-6-7-16-14(11-13)8-9-18(16)15-4-2-3-5-15/h6-7,11-12,15H,2-5,8-10H2,1H3,(H,19,20). The first kappa shape index (κ1) is 13.5. The van der Waals surface area contributed by atoms with Crippen LogP contribution in [0.25, 0.3) is 0 Å². The molecule has 1 aromatic carbocycles. The van der Waals surface area contributed by atoms with Gasteiger partial charge in [-0.05, 0) is 42.9 Å². The van der Waals surface area contributed by atoms with Crippen LogP contribution in [0.15, 0.2) is 18.2 Å². The predicted octanol–water partition coefficient (Wildman–Crippen LogP) is 3.25. The molecule has 1 atom stereocenters. The van der Waals surface area contributed by atoms with Gasteiger partial charge in [0.2, 0.25) is 0 Å². The summed E-state index contributed by atoms with van der Waals surface area (Å²) in [7, 11) is 0. The minimum absolute atomic E-state index is 0.305. The lowest BCUT2D eigenvalue weighted by molar-refractivity contribution is -0.141. The number of aliphatic carboxylic acids is 1. The van der Waals surface area contributed by atoms with Crippen LogP contribution >= 0.6 is 0 Å². The molecule has 3 rings (SSSR count). The van der Waals surface area contributed by atoms with Crippen molar-refractivity contribution in [3.05, 3.63) is 29.3 Å². The highest BCUT2D eigenvalue weighted by Gasteiger charge is 2.28. The van der Waals surface area contributed by atoms with Gasteiger partial charge in [0.15, 0.2) is 0 Å². The molecule has 1 aromatic rings. The highest BCUT2D eigenvalue weighted by molar-refractivity contribution is 5.70. The van der Waals surface area contributed by atoms with Crippen LogP contribution in [0.5, 0.6) is 0 Å². The second-order valence-corrected chi connectivity index (χ2v) is 6.29. The van der Waals surface area contributed by atoms with E-state index in [1.165, 1.54) is 36.9 Å². The van der Waals surface area contributed by atoms with E-state index >= 15 is 0 Å². The SMILES string of the molecule is CC(Cc1ccc2c(c1)CCN2C1CCCC1)C(=O)O. The van der Waals surface area contributed by atoms with Gasteiger partial charge in [-0.2, -0.15) is 0 Å². The maximum atomic E-state index is 11.0. The molecule has 108 valence electrons. The van der Waals surface area contributed by atoms with E-state index in [2.05, 4.69) is 23.1 Å². The van der Waals surface area contributed by atoms with E-state index in [1.807, 2.05) is 0 Å². The van der Waals surface area contributed by atoms with E-state index in [4.69, 9.17) is 5.11 Å². The second kappa shape index (κ2) is 5.47. The summed E-state index contributed by atoms with van der Waals surface area (Å²) in [5, 5.41) is 9.01. The summed E-state index contributed by atoms with van der Waals surface area (Å²) in [5.74, 6) is -1.02. The molecule has 20 heavy (non-hydrogen) atoms. The normalized spacial score (nSPS) is 20.1. The van der Waals surface area contributed by atoms with E-state index < -0.39 is 5.97 Å². The van der Waals surface area contributed by atoms with Gasteiger partial charge in [-0.15, -0.1) is 0 Å². The van der Waals surface area contributed by atoms with Crippen molar-refractivity contribution < 1.29 is 9.90 Å². The molecule has 0 aromatic heterocycles. The Morgan fingerprint density at radius 3 is 2.85 bits per heavy atom. The van der Waals surface area contributed by atoms with Gasteiger partial charge in [0.05, 0.1) is 5.92 Å². The third kappa shape index (κ3) is 2.54. The van der Waals surface area contributed by atoms with Crippen LogP contribution < -0.4 is 4.90 Å². The van der Waals surface area contributed by atoms with Gasteiger partial charge < -0.3 is 10.0 Å². The zero-order chi connectivity index (χ0) is 14.1. The smallest absolute Gasteiger partial charge is 0.306 e. The van der Waals surface area contributed by atoms with Crippen LogP contribution in [0.1, 0.15) is 43.7 Å². The van der Waals surface area contributed by atoms with Crippen molar-refractivity contribution in [1.82, 2.24) is 0 Å². The van der Waals surface area contributed by atoms with Crippen LogP contribution in [-0.2, 0) is 17.6 Å². The Labute approximate surface area is 120 Å². The van der Waals surface area contributed by atoms with Crippen molar-refractivity contribution in [1.29, 1.82) is 0 Å². The van der Waals surface area contributed by atoms with Crippen molar-refractivity contribution in [2.24, 2.45) is 5.92 Å². The topological polar surface area (TPSA) is 40.5 Å². The average Bonchev–Trinajstić information content (AvgIpc) is 3.06. The zero-order valence-corrected chi connectivity index (χ0v) is 12.1. The van der Waals surface area contributed by atoms with Crippen molar-refractivity contribution in [3.63, 3.8) is 0 Å². The van der Waals surface area contributed by atoms with E-state index in [1.54, 1.807) is 6.92 Å². The third-order valence-corrected chi connectivity index (χ3v) is 4.80. The molecular weight excluding hydrogens is 250 g/mol. The first-order chi connectivity index (χ1) is 9.65. The Morgan fingerprint density at radius 2 is 2.15 bits per heavy atom. The molecule has 1 aliphatic carbocycles. The summed E-state index contributed by atoms with van der Waals surface area (Å²) in [6, 6.07) is 7.29. The number of carbonyl (C=O) groups is 1. The molecule has 1 aliphatic heterocycles. The summed E-state index contributed by atoms with van der Waals surface area (Å²) >= 11 is 0. The highest BCUT2D eigenvalue weighted by Crippen LogP contribution is 2.35. The Kier molecular flexibility index (Phi) is 3.68. The fraction of sp³-hybridized carbons (Fsp3) is 0.588. The van der Waals surface area contributed by atoms with E-state index in [9.17, 15) is 4.79 Å². The van der Waals surface area contributed by atoms with Gasteiger partial charge in [0, 0.05) is 18.3 Å². The minimum Gasteiger partial charge on any atom is -0.481 e. The van der Waals surface area contributed by atoms with Crippen LogP contribution in [0, 0.1) is 5.92 Å². The van der Waals surface area contributed by atoms with E-state index in [0.717, 1.165) is 24.6 Å². The minimum atomic E-state index is -0.710. The van der Waals surface area contributed by atoms with Crippen LogP contribution in [0.2, 0.25) is 0 Å². The Bertz CT molecular complexity index is 506. The van der Waals surface area contributed by atoms with Gasteiger partial charge in [0.1, 0.15) is 0 Å².